The number of fused-ring (bicyclic) bond motifs is 3. The molecule has 0 fully saturated rings. The average Bonchev–Trinajstić information content (AvgIpc) is 3.24. The van der Waals surface area contributed by atoms with E-state index >= 15 is 0 Å². The molecule has 0 saturated carbocycles. The van der Waals surface area contributed by atoms with Gasteiger partial charge in [0.15, 0.2) is 0 Å². The standard InChI is InChI=1S/C24H22N2O3/c1-27-17-12-13-22(28-2)19(14-17)24-26-21(18-10-6-7-11-23(18)29-24)15-20(25-26)16-8-4-3-5-9-16/h3-14,21,24H,15H2,1-2H3/t21-,24-/m1/s1. The predicted octanol–water partition coefficient (Wildman–Crippen LogP) is 4.95. The Morgan fingerprint density at radius 3 is 2.48 bits per heavy atom. The summed E-state index contributed by atoms with van der Waals surface area (Å²) in [6.07, 6.45) is 0.425. The maximum Gasteiger partial charge on any atom is 0.217 e. The molecule has 0 radical (unpaired) electrons. The van der Waals surface area contributed by atoms with Crippen molar-refractivity contribution in [2.45, 2.75) is 18.7 Å². The minimum absolute atomic E-state index is 0.107. The zero-order chi connectivity index (χ0) is 19.8. The van der Waals surface area contributed by atoms with Crippen LogP contribution in [0.25, 0.3) is 0 Å². The number of nitrogens with zero attached hydrogens (tertiary/aromatic N) is 2. The van der Waals surface area contributed by atoms with Crippen molar-refractivity contribution in [3.63, 3.8) is 0 Å². The highest BCUT2D eigenvalue weighted by Gasteiger charge is 2.41. The monoisotopic (exact) mass is 386 g/mol. The third-order valence-corrected chi connectivity index (χ3v) is 5.51. The van der Waals surface area contributed by atoms with E-state index < -0.39 is 6.23 Å². The van der Waals surface area contributed by atoms with Gasteiger partial charge in [-0.2, -0.15) is 5.10 Å². The van der Waals surface area contributed by atoms with Gasteiger partial charge in [0.05, 0.1) is 31.5 Å². The second kappa shape index (κ2) is 7.17. The molecule has 2 atom stereocenters. The van der Waals surface area contributed by atoms with E-state index in [1.54, 1.807) is 14.2 Å². The lowest BCUT2D eigenvalue weighted by Gasteiger charge is -2.38. The summed E-state index contributed by atoms with van der Waals surface area (Å²) in [7, 11) is 3.33. The zero-order valence-corrected chi connectivity index (χ0v) is 16.4. The van der Waals surface area contributed by atoms with Gasteiger partial charge in [0.2, 0.25) is 6.23 Å². The van der Waals surface area contributed by atoms with Gasteiger partial charge in [-0.05, 0) is 29.8 Å². The van der Waals surface area contributed by atoms with E-state index in [4.69, 9.17) is 19.3 Å². The lowest BCUT2D eigenvalue weighted by Crippen LogP contribution is -2.33. The first-order valence-corrected chi connectivity index (χ1v) is 9.67. The number of benzene rings is 3. The van der Waals surface area contributed by atoms with Crippen molar-refractivity contribution in [1.82, 2.24) is 5.01 Å². The van der Waals surface area contributed by atoms with Gasteiger partial charge in [0.1, 0.15) is 17.2 Å². The Labute approximate surface area is 170 Å². The minimum Gasteiger partial charge on any atom is -0.497 e. The van der Waals surface area contributed by atoms with Crippen LogP contribution in [-0.4, -0.2) is 24.9 Å². The first-order chi connectivity index (χ1) is 14.3. The molecule has 0 bridgehead atoms. The molecular formula is C24H22N2O3. The van der Waals surface area contributed by atoms with Crippen LogP contribution in [0.5, 0.6) is 17.2 Å². The molecule has 2 aliphatic rings. The molecule has 0 N–H and O–H groups in total. The first-order valence-electron chi connectivity index (χ1n) is 9.67. The fourth-order valence-electron chi connectivity index (χ4n) is 4.08. The molecule has 146 valence electrons. The van der Waals surface area contributed by atoms with Crippen LogP contribution in [0.2, 0.25) is 0 Å². The Hall–Kier alpha value is -3.47. The van der Waals surface area contributed by atoms with Crippen LogP contribution in [-0.2, 0) is 0 Å². The third kappa shape index (κ3) is 2.99. The SMILES string of the molecule is COc1ccc(OC)c([C@H]2Oc3ccccc3[C@H]3CC(c4ccccc4)=NN32)c1. The Bertz CT molecular complexity index is 1060. The molecular weight excluding hydrogens is 364 g/mol. The molecule has 0 aromatic heterocycles. The van der Waals surface area contributed by atoms with E-state index in [2.05, 4.69) is 23.2 Å². The molecule has 2 heterocycles. The number of methoxy groups -OCH3 is 2. The molecule has 0 saturated heterocycles. The molecule has 5 heteroatoms. The Morgan fingerprint density at radius 2 is 1.69 bits per heavy atom. The summed E-state index contributed by atoms with van der Waals surface area (Å²) in [5, 5.41) is 7.05. The highest BCUT2D eigenvalue weighted by atomic mass is 16.5. The fraction of sp³-hybridized carbons (Fsp3) is 0.208. The molecule has 2 aliphatic heterocycles. The number of rotatable bonds is 4. The minimum atomic E-state index is -0.402. The Kier molecular flexibility index (Phi) is 4.35. The number of hydrogen-bond donors (Lipinski definition) is 0. The summed E-state index contributed by atoms with van der Waals surface area (Å²) >= 11 is 0. The van der Waals surface area contributed by atoms with E-state index in [0.29, 0.717) is 0 Å². The number of para-hydroxylation sites is 1. The summed E-state index contributed by atoms with van der Waals surface area (Å²) in [6, 6.07) is 24.4. The van der Waals surface area contributed by atoms with E-state index in [0.717, 1.165) is 46.1 Å². The smallest absolute Gasteiger partial charge is 0.217 e. The molecule has 0 unspecified atom stereocenters. The molecule has 5 rings (SSSR count). The quantitative estimate of drug-likeness (QED) is 0.637. The highest BCUT2D eigenvalue weighted by Crippen LogP contribution is 2.49. The third-order valence-electron chi connectivity index (χ3n) is 5.51. The fourth-order valence-corrected chi connectivity index (χ4v) is 4.08. The van der Waals surface area contributed by atoms with Gasteiger partial charge >= 0.3 is 0 Å². The zero-order valence-electron chi connectivity index (χ0n) is 16.4. The molecule has 3 aromatic rings. The summed E-state index contributed by atoms with van der Waals surface area (Å²) in [5.41, 5.74) is 4.24. The normalized spacial score (nSPS) is 19.7. The van der Waals surface area contributed by atoms with Crippen LogP contribution in [0.3, 0.4) is 0 Å². The van der Waals surface area contributed by atoms with Crippen molar-refractivity contribution in [2.75, 3.05) is 14.2 Å². The molecule has 0 amide bonds. The molecule has 3 aromatic carbocycles. The maximum atomic E-state index is 6.44. The van der Waals surface area contributed by atoms with Gasteiger partial charge < -0.3 is 14.2 Å². The van der Waals surface area contributed by atoms with Gasteiger partial charge in [-0.25, -0.2) is 5.01 Å². The topological polar surface area (TPSA) is 43.3 Å². The molecule has 29 heavy (non-hydrogen) atoms. The van der Waals surface area contributed by atoms with Crippen LogP contribution >= 0.6 is 0 Å². The number of ether oxygens (including phenoxy) is 3. The number of hydrazone groups is 1. The Balaban J connectivity index is 1.63. The lowest BCUT2D eigenvalue weighted by molar-refractivity contribution is -0.0204. The molecule has 0 spiro atoms. The van der Waals surface area contributed by atoms with E-state index in [1.807, 2.05) is 54.6 Å². The van der Waals surface area contributed by atoms with E-state index in [-0.39, 0.29) is 6.04 Å². The van der Waals surface area contributed by atoms with Crippen molar-refractivity contribution in [1.29, 1.82) is 0 Å². The first kappa shape index (κ1) is 17.6. The van der Waals surface area contributed by atoms with Gasteiger partial charge in [-0.15, -0.1) is 0 Å². The van der Waals surface area contributed by atoms with Gasteiger partial charge in [-0.1, -0.05) is 48.5 Å². The van der Waals surface area contributed by atoms with Crippen LogP contribution in [0, 0.1) is 0 Å². The van der Waals surface area contributed by atoms with Gasteiger partial charge in [0.25, 0.3) is 0 Å². The van der Waals surface area contributed by atoms with Crippen molar-refractivity contribution in [3.05, 3.63) is 89.5 Å². The van der Waals surface area contributed by atoms with Crippen molar-refractivity contribution >= 4 is 5.71 Å². The molecule has 0 aliphatic carbocycles. The Morgan fingerprint density at radius 1 is 0.897 bits per heavy atom. The predicted molar refractivity (Wildman–Crippen MR) is 112 cm³/mol. The summed E-state index contributed by atoms with van der Waals surface area (Å²) in [6.45, 7) is 0. The van der Waals surface area contributed by atoms with E-state index in [1.165, 1.54) is 0 Å². The summed E-state index contributed by atoms with van der Waals surface area (Å²) in [5.74, 6) is 2.39. The average molecular weight is 386 g/mol. The largest absolute Gasteiger partial charge is 0.497 e. The van der Waals surface area contributed by atoms with Crippen molar-refractivity contribution in [3.8, 4) is 17.2 Å². The summed E-state index contributed by atoms with van der Waals surface area (Å²) < 4.78 is 17.5. The van der Waals surface area contributed by atoms with Gasteiger partial charge in [0, 0.05) is 12.0 Å². The van der Waals surface area contributed by atoms with Crippen LogP contribution in [0.1, 0.15) is 35.4 Å². The van der Waals surface area contributed by atoms with Crippen molar-refractivity contribution < 1.29 is 14.2 Å². The molecule has 5 nitrogen and oxygen atoms in total. The highest BCUT2D eigenvalue weighted by molar-refractivity contribution is 6.01. The second-order valence-corrected chi connectivity index (χ2v) is 7.13. The van der Waals surface area contributed by atoms with Crippen LogP contribution in [0.4, 0.5) is 0 Å². The maximum absolute atomic E-state index is 6.44. The van der Waals surface area contributed by atoms with Crippen molar-refractivity contribution in [2.24, 2.45) is 5.10 Å². The van der Waals surface area contributed by atoms with Crippen LogP contribution < -0.4 is 14.2 Å². The van der Waals surface area contributed by atoms with Gasteiger partial charge in [-0.3, -0.25) is 0 Å². The second-order valence-electron chi connectivity index (χ2n) is 7.13. The summed E-state index contributed by atoms with van der Waals surface area (Å²) in [4.78, 5) is 0. The lowest BCUT2D eigenvalue weighted by atomic mass is 9.96. The van der Waals surface area contributed by atoms with Crippen LogP contribution in [0.15, 0.2) is 77.9 Å². The number of hydrogen-bond acceptors (Lipinski definition) is 5. The van der Waals surface area contributed by atoms with E-state index in [9.17, 15) is 0 Å².